The molecule has 0 heterocycles. The normalized spacial score (nSPS) is 10.6. The van der Waals surface area contributed by atoms with Crippen molar-refractivity contribution < 1.29 is 4.79 Å². The number of hydrogen-bond acceptors (Lipinski definition) is 1. The summed E-state index contributed by atoms with van der Waals surface area (Å²) in [6.45, 7) is 6.67. The van der Waals surface area contributed by atoms with E-state index in [0.717, 1.165) is 28.7 Å². The fraction of sp³-hybridized carbons (Fsp3) is 0.231. The molecule has 0 aliphatic carbocycles. The molecule has 0 bridgehead atoms. The van der Waals surface area contributed by atoms with Gasteiger partial charge in [-0.3, -0.25) is 4.79 Å². The van der Waals surface area contributed by atoms with Crippen LogP contribution >= 0.6 is 0 Å². The number of benzene rings is 3. The van der Waals surface area contributed by atoms with Crippen LogP contribution in [-0.4, -0.2) is 5.91 Å². The standard InChI is InChI=1S/C26H28NO/c1-3-4-5-6-21-9-11-22(12-10-21)19-27-26(28)25-17-15-24(16-18-25)23-13-7-20(2)8-14-23/h7-18H,2-6,19H2,1H3,(H,27,28). The third kappa shape index (κ3) is 5.56. The van der Waals surface area contributed by atoms with E-state index in [0.29, 0.717) is 12.1 Å². The Kier molecular flexibility index (Phi) is 7.02. The maximum Gasteiger partial charge on any atom is 0.251 e. The molecule has 0 unspecified atom stereocenters. The average molecular weight is 371 g/mol. The van der Waals surface area contributed by atoms with Gasteiger partial charge in [-0.25, -0.2) is 0 Å². The van der Waals surface area contributed by atoms with Gasteiger partial charge in [0.15, 0.2) is 0 Å². The molecule has 1 radical (unpaired) electrons. The van der Waals surface area contributed by atoms with Crippen LogP contribution in [0.2, 0.25) is 0 Å². The summed E-state index contributed by atoms with van der Waals surface area (Å²) in [6, 6.07) is 24.3. The molecule has 1 amide bonds. The zero-order valence-electron chi connectivity index (χ0n) is 16.6. The molecule has 1 N–H and O–H groups in total. The van der Waals surface area contributed by atoms with E-state index >= 15 is 0 Å². The quantitative estimate of drug-likeness (QED) is 0.470. The van der Waals surface area contributed by atoms with Gasteiger partial charge in [-0.2, -0.15) is 0 Å². The molecule has 0 spiro atoms. The number of hydrogen-bond donors (Lipinski definition) is 1. The highest BCUT2D eigenvalue weighted by Crippen LogP contribution is 2.20. The number of rotatable bonds is 8. The van der Waals surface area contributed by atoms with Gasteiger partial charge in [0.1, 0.15) is 0 Å². The third-order valence-electron chi connectivity index (χ3n) is 4.98. The summed E-state index contributed by atoms with van der Waals surface area (Å²) in [6.07, 6.45) is 4.89. The van der Waals surface area contributed by atoms with Gasteiger partial charge >= 0.3 is 0 Å². The largest absolute Gasteiger partial charge is 0.348 e. The van der Waals surface area contributed by atoms with Crippen molar-refractivity contribution in [3.05, 3.63) is 102 Å². The molecule has 0 saturated heterocycles. The van der Waals surface area contributed by atoms with E-state index in [9.17, 15) is 4.79 Å². The number of nitrogens with one attached hydrogen (secondary N) is 1. The SMILES string of the molecule is [CH2]c1ccc(-c2ccc(C(=O)NCc3ccc(CCCCC)cc3)cc2)cc1. The minimum Gasteiger partial charge on any atom is -0.348 e. The van der Waals surface area contributed by atoms with Crippen LogP contribution in [0.3, 0.4) is 0 Å². The maximum atomic E-state index is 12.4. The van der Waals surface area contributed by atoms with E-state index < -0.39 is 0 Å². The first-order chi connectivity index (χ1) is 13.7. The van der Waals surface area contributed by atoms with Gasteiger partial charge in [0, 0.05) is 12.1 Å². The number of aryl methyl sites for hydroxylation is 1. The molecule has 3 rings (SSSR count). The fourth-order valence-electron chi connectivity index (χ4n) is 3.20. The molecule has 0 aliphatic rings. The van der Waals surface area contributed by atoms with Crippen LogP contribution in [0, 0.1) is 6.92 Å². The summed E-state index contributed by atoms with van der Waals surface area (Å²) in [7, 11) is 0. The first kappa shape index (κ1) is 19.9. The van der Waals surface area contributed by atoms with Gasteiger partial charge in [-0.05, 0) is 59.7 Å². The average Bonchev–Trinajstić information content (AvgIpc) is 2.74. The lowest BCUT2D eigenvalue weighted by atomic mass is 10.0. The van der Waals surface area contributed by atoms with Gasteiger partial charge in [0.25, 0.3) is 5.91 Å². The van der Waals surface area contributed by atoms with Gasteiger partial charge in [-0.1, -0.05) is 80.4 Å². The topological polar surface area (TPSA) is 29.1 Å². The lowest BCUT2D eigenvalue weighted by Gasteiger charge is -2.08. The first-order valence-electron chi connectivity index (χ1n) is 10.0. The molecular weight excluding hydrogens is 342 g/mol. The highest BCUT2D eigenvalue weighted by atomic mass is 16.1. The molecule has 3 aromatic rings. The predicted octanol–water partition coefficient (Wildman–Crippen LogP) is 6.20. The van der Waals surface area contributed by atoms with Crippen molar-refractivity contribution in [1.29, 1.82) is 0 Å². The van der Waals surface area contributed by atoms with Crippen molar-refractivity contribution in [2.75, 3.05) is 0 Å². The van der Waals surface area contributed by atoms with Crippen LogP contribution in [0.25, 0.3) is 11.1 Å². The highest BCUT2D eigenvalue weighted by molar-refractivity contribution is 5.94. The van der Waals surface area contributed by atoms with E-state index in [1.165, 1.54) is 24.8 Å². The molecule has 0 atom stereocenters. The zero-order chi connectivity index (χ0) is 19.8. The van der Waals surface area contributed by atoms with Crippen LogP contribution in [0.5, 0.6) is 0 Å². The summed E-state index contributed by atoms with van der Waals surface area (Å²) in [4.78, 5) is 12.4. The molecule has 3 aromatic carbocycles. The molecule has 28 heavy (non-hydrogen) atoms. The lowest BCUT2D eigenvalue weighted by Crippen LogP contribution is -2.22. The Bertz CT molecular complexity index is 877. The summed E-state index contributed by atoms with van der Waals surface area (Å²) in [5.41, 5.74) is 6.37. The number of carbonyl (C=O) groups is 1. The minimum absolute atomic E-state index is 0.0494. The van der Waals surface area contributed by atoms with Crippen molar-refractivity contribution >= 4 is 5.91 Å². The van der Waals surface area contributed by atoms with E-state index in [-0.39, 0.29) is 5.91 Å². The molecule has 0 aliphatic heterocycles. The van der Waals surface area contributed by atoms with Crippen LogP contribution in [0.15, 0.2) is 72.8 Å². The van der Waals surface area contributed by atoms with Gasteiger partial charge in [0.05, 0.1) is 0 Å². The van der Waals surface area contributed by atoms with Gasteiger partial charge < -0.3 is 5.32 Å². The predicted molar refractivity (Wildman–Crippen MR) is 117 cm³/mol. The minimum atomic E-state index is -0.0494. The second-order valence-corrected chi connectivity index (χ2v) is 7.23. The molecule has 143 valence electrons. The molecule has 2 heteroatoms. The second kappa shape index (κ2) is 9.89. The Balaban J connectivity index is 1.54. The summed E-state index contributed by atoms with van der Waals surface area (Å²) >= 11 is 0. The molecule has 0 fully saturated rings. The summed E-state index contributed by atoms with van der Waals surface area (Å²) in [5, 5.41) is 3.01. The van der Waals surface area contributed by atoms with Crippen LogP contribution in [-0.2, 0) is 13.0 Å². The van der Waals surface area contributed by atoms with Crippen molar-refractivity contribution in [2.24, 2.45) is 0 Å². The van der Waals surface area contributed by atoms with Crippen molar-refractivity contribution in [1.82, 2.24) is 5.32 Å². The molecule has 2 nitrogen and oxygen atoms in total. The van der Waals surface area contributed by atoms with E-state index in [2.05, 4.69) is 43.4 Å². The van der Waals surface area contributed by atoms with E-state index in [1.807, 2.05) is 48.5 Å². The monoisotopic (exact) mass is 370 g/mol. The maximum absolute atomic E-state index is 12.4. The molecule has 0 saturated carbocycles. The van der Waals surface area contributed by atoms with Crippen LogP contribution in [0.1, 0.15) is 53.2 Å². The summed E-state index contributed by atoms with van der Waals surface area (Å²) < 4.78 is 0. The van der Waals surface area contributed by atoms with Crippen LogP contribution < -0.4 is 5.32 Å². The fourth-order valence-corrected chi connectivity index (χ4v) is 3.20. The van der Waals surface area contributed by atoms with E-state index in [4.69, 9.17) is 0 Å². The Morgan fingerprint density at radius 3 is 1.96 bits per heavy atom. The van der Waals surface area contributed by atoms with E-state index in [1.54, 1.807) is 0 Å². The Morgan fingerprint density at radius 1 is 0.786 bits per heavy atom. The Labute approximate surface area is 168 Å². The first-order valence-corrected chi connectivity index (χ1v) is 10.0. The van der Waals surface area contributed by atoms with Crippen molar-refractivity contribution in [2.45, 2.75) is 39.2 Å². The van der Waals surface area contributed by atoms with Gasteiger partial charge in [0.2, 0.25) is 0 Å². The lowest BCUT2D eigenvalue weighted by molar-refractivity contribution is 0.0951. The highest BCUT2D eigenvalue weighted by Gasteiger charge is 2.06. The zero-order valence-corrected chi connectivity index (χ0v) is 16.6. The third-order valence-corrected chi connectivity index (χ3v) is 4.98. The number of unbranched alkanes of at least 4 members (excludes halogenated alkanes) is 2. The molecule has 0 aromatic heterocycles. The number of amides is 1. The van der Waals surface area contributed by atoms with Crippen molar-refractivity contribution in [3.63, 3.8) is 0 Å². The summed E-state index contributed by atoms with van der Waals surface area (Å²) in [5.74, 6) is -0.0494. The second-order valence-electron chi connectivity index (χ2n) is 7.23. The molecular formula is C26H28NO. The Morgan fingerprint density at radius 2 is 1.36 bits per heavy atom. The van der Waals surface area contributed by atoms with Crippen LogP contribution in [0.4, 0.5) is 0 Å². The smallest absolute Gasteiger partial charge is 0.251 e. The number of carbonyl (C=O) groups excluding carboxylic acids is 1. The Hall–Kier alpha value is -2.87. The van der Waals surface area contributed by atoms with Crippen molar-refractivity contribution in [3.8, 4) is 11.1 Å². The van der Waals surface area contributed by atoms with Gasteiger partial charge in [-0.15, -0.1) is 0 Å².